The minimum Gasteiger partial charge on any atom is -0.316 e. The van der Waals surface area contributed by atoms with Gasteiger partial charge in [-0.3, -0.25) is 4.90 Å². The topological polar surface area (TPSA) is 15.3 Å². The van der Waals surface area contributed by atoms with Crippen molar-refractivity contribution >= 4 is 15.9 Å². The monoisotopic (exact) mass is 336 g/mol. The van der Waals surface area contributed by atoms with Crippen molar-refractivity contribution in [3.05, 3.63) is 34.3 Å². The molecule has 1 aromatic carbocycles. The first-order valence-electron chi connectivity index (χ1n) is 7.89. The zero-order valence-electron chi connectivity index (χ0n) is 12.4. The van der Waals surface area contributed by atoms with Crippen LogP contribution < -0.4 is 5.32 Å². The molecular formula is C17H25BrN2. The minimum absolute atomic E-state index is 0.530. The molecule has 20 heavy (non-hydrogen) atoms. The van der Waals surface area contributed by atoms with Crippen LogP contribution in [0.15, 0.2) is 28.7 Å². The number of nitrogens with one attached hydrogen (secondary N) is 1. The van der Waals surface area contributed by atoms with Gasteiger partial charge in [0.1, 0.15) is 0 Å². The van der Waals surface area contributed by atoms with Gasteiger partial charge in [-0.1, -0.05) is 28.1 Å². The summed E-state index contributed by atoms with van der Waals surface area (Å²) in [6.45, 7) is 7.30. The van der Waals surface area contributed by atoms with Gasteiger partial charge in [-0.2, -0.15) is 0 Å². The largest absolute Gasteiger partial charge is 0.316 e. The van der Waals surface area contributed by atoms with E-state index in [0.717, 1.165) is 0 Å². The molecule has 1 N–H and O–H groups in total. The molecule has 2 aliphatic rings. The molecule has 0 aliphatic carbocycles. The van der Waals surface area contributed by atoms with Crippen LogP contribution in [-0.2, 0) is 0 Å². The molecule has 3 rings (SSSR count). The van der Waals surface area contributed by atoms with Crippen LogP contribution >= 0.6 is 15.9 Å². The van der Waals surface area contributed by atoms with Crippen molar-refractivity contribution < 1.29 is 0 Å². The molecule has 2 unspecified atom stereocenters. The van der Waals surface area contributed by atoms with Gasteiger partial charge in [0.15, 0.2) is 0 Å². The Morgan fingerprint density at radius 3 is 2.65 bits per heavy atom. The summed E-state index contributed by atoms with van der Waals surface area (Å²) in [4.78, 5) is 2.69. The number of benzene rings is 1. The SMILES string of the molecule is CC(c1ccc(Br)cc1)N1CCCC2(CCCNC2)C1. The molecule has 2 heterocycles. The maximum Gasteiger partial charge on any atom is 0.0320 e. The molecule has 2 fully saturated rings. The fraction of sp³-hybridized carbons (Fsp3) is 0.647. The van der Waals surface area contributed by atoms with E-state index in [2.05, 4.69) is 57.3 Å². The molecule has 0 saturated carbocycles. The third-order valence-corrected chi connectivity index (χ3v) is 5.68. The van der Waals surface area contributed by atoms with Crippen molar-refractivity contribution in [3.8, 4) is 0 Å². The van der Waals surface area contributed by atoms with E-state index in [1.54, 1.807) is 0 Å². The molecule has 0 bridgehead atoms. The summed E-state index contributed by atoms with van der Waals surface area (Å²) in [7, 11) is 0. The molecule has 0 amide bonds. The number of halogens is 1. The third kappa shape index (κ3) is 3.10. The Kier molecular flexibility index (Phi) is 4.49. The number of likely N-dealkylation sites (tertiary alicyclic amines) is 1. The number of hydrogen-bond donors (Lipinski definition) is 1. The first kappa shape index (κ1) is 14.6. The second-order valence-corrected chi connectivity index (χ2v) is 7.50. The Morgan fingerprint density at radius 1 is 1.20 bits per heavy atom. The van der Waals surface area contributed by atoms with Crippen molar-refractivity contribution in [3.63, 3.8) is 0 Å². The average Bonchev–Trinajstić information content (AvgIpc) is 2.48. The highest BCUT2D eigenvalue weighted by molar-refractivity contribution is 9.10. The molecule has 2 atom stereocenters. The van der Waals surface area contributed by atoms with E-state index in [0.29, 0.717) is 11.5 Å². The van der Waals surface area contributed by atoms with E-state index in [9.17, 15) is 0 Å². The molecule has 1 aromatic rings. The van der Waals surface area contributed by atoms with Crippen LogP contribution in [0.1, 0.15) is 44.2 Å². The van der Waals surface area contributed by atoms with E-state index in [1.165, 1.54) is 61.9 Å². The molecule has 2 nitrogen and oxygen atoms in total. The fourth-order valence-electron chi connectivity index (χ4n) is 3.91. The van der Waals surface area contributed by atoms with Crippen LogP contribution in [0.4, 0.5) is 0 Å². The quantitative estimate of drug-likeness (QED) is 0.878. The molecule has 2 aliphatic heterocycles. The molecule has 110 valence electrons. The van der Waals surface area contributed by atoms with Gasteiger partial charge in [0.25, 0.3) is 0 Å². The Bertz CT molecular complexity index is 431. The smallest absolute Gasteiger partial charge is 0.0320 e. The van der Waals surface area contributed by atoms with Crippen LogP contribution in [-0.4, -0.2) is 31.1 Å². The van der Waals surface area contributed by atoms with Crippen LogP contribution in [0.3, 0.4) is 0 Å². The number of nitrogens with zero attached hydrogens (tertiary/aromatic N) is 1. The lowest BCUT2D eigenvalue weighted by molar-refractivity contribution is 0.0416. The first-order valence-corrected chi connectivity index (χ1v) is 8.68. The zero-order chi connectivity index (χ0) is 14.0. The van der Waals surface area contributed by atoms with Crippen molar-refractivity contribution in [2.24, 2.45) is 5.41 Å². The van der Waals surface area contributed by atoms with Crippen LogP contribution in [0.25, 0.3) is 0 Å². The predicted octanol–water partition coefficient (Wildman–Crippen LogP) is 3.98. The third-order valence-electron chi connectivity index (χ3n) is 5.15. The summed E-state index contributed by atoms with van der Waals surface area (Å²) in [6, 6.07) is 9.37. The number of rotatable bonds is 2. The van der Waals surface area contributed by atoms with Gasteiger partial charge in [0, 0.05) is 23.6 Å². The van der Waals surface area contributed by atoms with E-state index >= 15 is 0 Å². The summed E-state index contributed by atoms with van der Waals surface area (Å²) >= 11 is 3.53. The van der Waals surface area contributed by atoms with Crippen molar-refractivity contribution in [1.29, 1.82) is 0 Å². The molecule has 2 saturated heterocycles. The summed E-state index contributed by atoms with van der Waals surface area (Å²) in [5, 5.41) is 3.62. The van der Waals surface area contributed by atoms with Gasteiger partial charge in [0.2, 0.25) is 0 Å². The molecular weight excluding hydrogens is 312 g/mol. The Balaban J connectivity index is 1.71. The van der Waals surface area contributed by atoms with Gasteiger partial charge in [0.05, 0.1) is 0 Å². The van der Waals surface area contributed by atoms with Crippen molar-refractivity contribution in [2.45, 2.75) is 38.6 Å². The molecule has 0 radical (unpaired) electrons. The molecule has 3 heteroatoms. The average molecular weight is 337 g/mol. The maximum atomic E-state index is 3.62. The lowest BCUT2D eigenvalue weighted by Crippen LogP contribution is -2.51. The first-order chi connectivity index (χ1) is 9.69. The number of piperidine rings is 2. The second-order valence-electron chi connectivity index (χ2n) is 6.58. The minimum atomic E-state index is 0.530. The lowest BCUT2D eigenvalue weighted by Gasteiger charge is -2.47. The Hall–Kier alpha value is -0.380. The Labute approximate surface area is 131 Å². The van der Waals surface area contributed by atoms with Crippen molar-refractivity contribution in [1.82, 2.24) is 10.2 Å². The van der Waals surface area contributed by atoms with E-state index in [4.69, 9.17) is 0 Å². The van der Waals surface area contributed by atoms with Gasteiger partial charge >= 0.3 is 0 Å². The highest BCUT2D eigenvalue weighted by Crippen LogP contribution is 2.38. The van der Waals surface area contributed by atoms with Gasteiger partial charge in [-0.05, 0) is 68.8 Å². The standard InChI is InChI=1S/C17H25BrN2/c1-14(15-4-6-16(18)7-5-15)20-11-3-9-17(13-20)8-2-10-19-12-17/h4-7,14,19H,2-3,8-13H2,1H3. The predicted molar refractivity (Wildman–Crippen MR) is 87.9 cm³/mol. The maximum absolute atomic E-state index is 3.62. The van der Waals surface area contributed by atoms with E-state index in [-0.39, 0.29) is 0 Å². The van der Waals surface area contributed by atoms with Crippen LogP contribution in [0.5, 0.6) is 0 Å². The normalized spacial score (nSPS) is 29.5. The highest BCUT2D eigenvalue weighted by Gasteiger charge is 2.37. The van der Waals surface area contributed by atoms with Crippen molar-refractivity contribution in [2.75, 3.05) is 26.2 Å². The highest BCUT2D eigenvalue weighted by atomic mass is 79.9. The Morgan fingerprint density at radius 2 is 1.95 bits per heavy atom. The summed E-state index contributed by atoms with van der Waals surface area (Å²) in [6.07, 6.45) is 5.51. The van der Waals surface area contributed by atoms with Gasteiger partial charge in [-0.25, -0.2) is 0 Å². The van der Waals surface area contributed by atoms with Gasteiger partial charge < -0.3 is 5.32 Å². The lowest BCUT2D eigenvalue weighted by atomic mass is 9.74. The summed E-state index contributed by atoms with van der Waals surface area (Å²) in [5.74, 6) is 0. The molecule has 0 aromatic heterocycles. The zero-order valence-corrected chi connectivity index (χ0v) is 14.0. The van der Waals surface area contributed by atoms with E-state index < -0.39 is 0 Å². The van der Waals surface area contributed by atoms with Crippen LogP contribution in [0.2, 0.25) is 0 Å². The summed E-state index contributed by atoms with van der Waals surface area (Å²) in [5.41, 5.74) is 1.98. The summed E-state index contributed by atoms with van der Waals surface area (Å²) < 4.78 is 1.17. The van der Waals surface area contributed by atoms with Gasteiger partial charge in [-0.15, -0.1) is 0 Å². The van der Waals surface area contributed by atoms with E-state index in [1.807, 2.05) is 0 Å². The fourth-order valence-corrected chi connectivity index (χ4v) is 4.17. The molecule has 1 spiro atoms. The number of hydrogen-bond acceptors (Lipinski definition) is 2. The van der Waals surface area contributed by atoms with Crippen LogP contribution in [0, 0.1) is 5.41 Å². The second kappa shape index (κ2) is 6.17.